The predicted molar refractivity (Wildman–Crippen MR) is 123 cm³/mol. The van der Waals surface area contributed by atoms with Gasteiger partial charge in [-0.1, -0.05) is 54.1 Å². The van der Waals surface area contributed by atoms with E-state index >= 15 is 0 Å². The van der Waals surface area contributed by atoms with Crippen LogP contribution in [0, 0.1) is 0 Å². The third-order valence-electron chi connectivity index (χ3n) is 5.29. The van der Waals surface area contributed by atoms with E-state index in [1.54, 1.807) is 18.2 Å². The molecule has 0 radical (unpaired) electrons. The maximum absolute atomic E-state index is 12.7. The maximum atomic E-state index is 12.7. The van der Waals surface area contributed by atoms with Crippen LogP contribution in [0.4, 0.5) is 5.82 Å². The molecule has 0 saturated carbocycles. The molecule has 1 atom stereocenters. The molecule has 1 amide bonds. The Morgan fingerprint density at radius 2 is 1.88 bits per heavy atom. The van der Waals surface area contributed by atoms with Crippen molar-refractivity contribution in [1.82, 2.24) is 14.9 Å². The first-order valence-corrected chi connectivity index (χ1v) is 10.9. The molecule has 7 nitrogen and oxygen atoms in total. The van der Waals surface area contributed by atoms with Gasteiger partial charge in [0.2, 0.25) is 11.8 Å². The third kappa shape index (κ3) is 5.55. The normalized spacial score (nSPS) is 16.1. The number of para-hydroxylation sites is 1. The van der Waals surface area contributed by atoms with Crippen LogP contribution in [0.15, 0.2) is 67.0 Å². The van der Waals surface area contributed by atoms with Crippen LogP contribution in [0.2, 0.25) is 5.02 Å². The summed E-state index contributed by atoms with van der Waals surface area (Å²) in [6.45, 7) is 4.45. The molecule has 0 bridgehead atoms. The van der Waals surface area contributed by atoms with E-state index in [2.05, 4.69) is 14.9 Å². The Morgan fingerprint density at radius 1 is 1.09 bits per heavy atom. The Labute approximate surface area is 192 Å². The number of carbonyl (C=O) groups is 1. The molecule has 3 aromatic rings. The van der Waals surface area contributed by atoms with Gasteiger partial charge in [-0.25, -0.2) is 9.97 Å². The van der Waals surface area contributed by atoms with Gasteiger partial charge >= 0.3 is 0 Å². The summed E-state index contributed by atoms with van der Waals surface area (Å²) in [5, 5.41) is 0.517. The molecule has 1 aliphatic rings. The third-order valence-corrected chi connectivity index (χ3v) is 5.60. The van der Waals surface area contributed by atoms with E-state index in [9.17, 15) is 4.79 Å². The molecule has 0 spiro atoms. The van der Waals surface area contributed by atoms with Gasteiger partial charge < -0.3 is 19.3 Å². The SMILES string of the molecule is C[C@@H]1CN(c2cc(Oc3ccccc3Cl)ncn2)CCN1C(=O)COCc1ccccc1. The summed E-state index contributed by atoms with van der Waals surface area (Å²) < 4.78 is 11.4. The number of piperazine rings is 1. The van der Waals surface area contributed by atoms with Gasteiger partial charge in [0.25, 0.3) is 0 Å². The molecule has 8 heteroatoms. The summed E-state index contributed by atoms with van der Waals surface area (Å²) in [6, 6.07) is 18.9. The van der Waals surface area contributed by atoms with Gasteiger partial charge in [-0.3, -0.25) is 4.79 Å². The van der Waals surface area contributed by atoms with Crippen LogP contribution >= 0.6 is 11.6 Å². The van der Waals surface area contributed by atoms with Crippen LogP contribution in [0.25, 0.3) is 0 Å². The smallest absolute Gasteiger partial charge is 0.248 e. The van der Waals surface area contributed by atoms with Gasteiger partial charge in [0, 0.05) is 31.7 Å². The van der Waals surface area contributed by atoms with Gasteiger partial charge in [0.1, 0.15) is 24.5 Å². The van der Waals surface area contributed by atoms with Gasteiger partial charge in [-0.2, -0.15) is 0 Å². The molecule has 4 rings (SSSR count). The van der Waals surface area contributed by atoms with Crippen LogP contribution in [-0.2, 0) is 16.1 Å². The van der Waals surface area contributed by atoms with Crippen LogP contribution in [-0.4, -0.2) is 53.1 Å². The average Bonchev–Trinajstić information content (AvgIpc) is 2.81. The Bertz CT molecular complexity index is 1050. The highest BCUT2D eigenvalue weighted by molar-refractivity contribution is 6.32. The van der Waals surface area contributed by atoms with Crippen molar-refractivity contribution in [2.75, 3.05) is 31.1 Å². The second-order valence-electron chi connectivity index (χ2n) is 7.61. The second-order valence-corrected chi connectivity index (χ2v) is 8.01. The first kappa shape index (κ1) is 22.0. The van der Waals surface area contributed by atoms with E-state index in [0.29, 0.717) is 42.9 Å². The maximum Gasteiger partial charge on any atom is 0.248 e. The number of ether oxygens (including phenoxy) is 2. The summed E-state index contributed by atoms with van der Waals surface area (Å²) in [6.07, 6.45) is 1.47. The summed E-state index contributed by atoms with van der Waals surface area (Å²) in [7, 11) is 0. The number of carbonyl (C=O) groups excluding carboxylic acids is 1. The number of amides is 1. The van der Waals surface area contributed by atoms with Crippen molar-refractivity contribution in [3.63, 3.8) is 0 Å². The zero-order valence-electron chi connectivity index (χ0n) is 17.9. The molecule has 166 valence electrons. The van der Waals surface area contributed by atoms with Crippen molar-refractivity contribution >= 4 is 23.3 Å². The van der Waals surface area contributed by atoms with Crippen molar-refractivity contribution in [2.24, 2.45) is 0 Å². The fourth-order valence-corrected chi connectivity index (χ4v) is 3.82. The molecule has 0 N–H and O–H groups in total. The van der Waals surface area contributed by atoms with E-state index in [0.717, 1.165) is 11.4 Å². The number of aromatic nitrogens is 2. The minimum absolute atomic E-state index is 0.00138. The highest BCUT2D eigenvalue weighted by Gasteiger charge is 2.28. The molecular weight excluding hydrogens is 428 g/mol. The first-order chi connectivity index (χ1) is 15.6. The van der Waals surface area contributed by atoms with Crippen LogP contribution in [0.1, 0.15) is 12.5 Å². The van der Waals surface area contributed by atoms with Gasteiger partial charge in [-0.15, -0.1) is 0 Å². The van der Waals surface area contributed by atoms with E-state index < -0.39 is 0 Å². The monoisotopic (exact) mass is 452 g/mol. The molecule has 1 fully saturated rings. The number of halogens is 1. The Morgan fingerprint density at radius 3 is 2.66 bits per heavy atom. The van der Waals surface area contributed by atoms with Crippen molar-refractivity contribution in [3.8, 4) is 11.6 Å². The molecule has 1 aromatic heterocycles. The Balaban J connectivity index is 1.32. The van der Waals surface area contributed by atoms with Crippen molar-refractivity contribution in [1.29, 1.82) is 0 Å². The molecule has 1 saturated heterocycles. The molecule has 0 aliphatic carbocycles. The lowest BCUT2D eigenvalue weighted by atomic mass is 10.2. The highest BCUT2D eigenvalue weighted by atomic mass is 35.5. The molecule has 1 aliphatic heterocycles. The quantitative estimate of drug-likeness (QED) is 0.535. The largest absolute Gasteiger partial charge is 0.437 e. The molecule has 32 heavy (non-hydrogen) atoms. The lowest BCUT2D eigenvalue weighted by molar-refractivity contribution is -0.139. The predicted octanol–water partition coefficient (Wildman–Crippen LogP) is 4.18. The number of hydrogen-bond acceptors (Lipinski definition) is 6. The van der Waals surface area contributed by atoms with Gasteiger partial charge in [0.05, 0.1) is 11.6 Å². The minimum Gasteiger partial charge on any atom is -0.437 e. The summed E-state index contributed by atoms with van der Waals surface area (Å²) in [5.41, 5.74) is 1.05. The molecule has 2 aromatic carbocycles. The van der Waals surface area contributed by atoms with Gasteiger partial charge in [0.15, 0.2) is 0 Å². The topological polar surface area (TPSA) is 67.8 Å². The molecule has 0 unspecified atom stereocenters. The first-order valence-electron chi connectivity index (χ1n) is 10.5. The van der Waals surface area contributed by atoms with Crippen LogP contribution < -0.4 is 9.64 Å². The standard InChI is InChI=1S/C24H25ClN4O3/c1-18-14-28(11-12-29(18)24(30)16-31-15-19-7-3-2-4-8-19)22-13-23(27-17-26-22)32-21-10-6-5-9-20(21)25/h2-10,13,17-18H,11-12,14-16H2,1H3/t18-/m1/s1. The zero-order chi connectivity index (χ0) is 22.3. The number of rotatable bonds is 7. The van der Waals surface area contributed by atoms with Crippen molar-refractivity contribution < 1.29 is 14.3 Å². The van der Waals surface area contributed by atoms with E-state index in [1.807, 2.05) is 54.3 Å². The van der Waals surface area contributed by atoms with E-state index in [1.165, 1.54) is 6.33 Å². The van der Waals surface area contributed by atoms with E-state index in [4.69, 9.17) is 21.1 Å². The Kier molecular flexibility index (Phi) is 7.19. The summed E-state index contributed by atoms with van der Waals surface area (Å²) >= 11 is 6.17. The number of nitrogens with zero attached hydrogens (tertiary/aromatic N) is 4. The van der Waals surface area contributed by atoms with Crippen LogP contribution in [0.3, 0.4) is 0 Å². The summed E-state index contributed by atoms with van der Waals surface area (Å²) in [5.74, 6) is 1.71. The average molecular weight is 453 g/mol. The molecule has 2 heterocycles. The van der Waals surface area contributed by atoms with E-state index in [-0.39, 0.29) is 18.6 Å². The molecular formula is C24H25ClN4O3. The summed E-state index contributed by atoms with van der Waals surface area (Å²) in [4.78, 5) is 25.2. The van der Waals surface area contributed by atoms with Crippen molar-refractivity contribution in [3.05, 3.63) is 77.6 Å². The van der Waals surface area contributed by atoms with Crippen LogP contribution in [0.5, 0.6) is 11.6 Å². The van der Waals surface area contributed by atoms with Gasteiger partial charge in [-0.05, 0) is 24.6 Å². The zero-order valence-corrected chi connectivity index (χ0v) is 18.6. The second kappa shape index (κ2) is 10.4. The highest BCUT2D eigenvalue weighted by Crippen LogP contribution is 2.29. The van der Waals surface area contributed by atoms with Crippen molar-refractivity contribution in [2.45, 2.75) is 19.6 Å². The lowest BCUT2D eigenvalue weighted by Gasteiger charge is -2.40. The minimum atomic E-state index is -0.00138. The number of anilines is 1. The lowest BCUT2D eigenvalue weighted by Crippen LogP contribution is -2.55. The Hall–Kier alpha value is -3.16. The number of benzene rings is 2. The fraction of sp³-hybridized carbons (Fsp3) is 0.292. The fourth-order valence-electron chi connectivity index (χ4n) is 3.65. The number of hydrogen-bond donors (Lipinski definition) is 0.